The summed E-state index contributed by atoms with van der Waals surface area (Å²) >= 11 is 0. The Morgan fingerprint density at radius 2 is 1.87 bits per heavy atom. The molecule has 0 spiro atoms. The Morgan fingerprint density at radius 1 is 1.22 bits per heavy atom. The molecule has 0 fully saturated rings. The number of benzene rings is 1. The number of carbonyl (C=O) groups is 3. The lowest BCUT2D eigenvalue weighted by Crippen LogP contribution is -2.20. The van der Waals surface area contributed by atoms with Gasteiger partial charge in [0.25, 0.3) is 0 Å². The molecule has 7 heteroatoms. The van der Waals surface area contributed by atoms with Crippen molar-refractivity contribution in [2.45, 2.75) is 19.8 Å². The van der Waals surface area contributed by atoms with Gasteiger partial charge in [0.15, 0.2) is 11.7 Å². The highest BCUT2D eigenvalue weighted by atomic mass is 19.1. The zero-order valence-electron chi connectivity index (χ0n) is 12.6. The van der Waals surface area contributed by atoms with Gasteiger partial charge in [0.2, 0.25) is 5.78 Å². The van der Waals surface area contributed by atoms with Gasteiger partial charge >= 0.3 is 5.97 Å². The van der Waals surface area contributed by atoms with Crippen LogP contribution < -0.4 is 0 Å². The van der Waals surface area contributed by atoms with Crippen LogP contribution in [0.1, 0.15) is 34.1 Å². The van der Waals surface area contributed by atoms with Crippen molar-refractivity contribution in [3.05, 3.63) is 53.0 Å². The monoisotopic (exact) mass is 319 g/mol. The number of oxazole rings is 1. The lowest BCUT2D eigenvalue weighted by Gasteiger charge is -2.01. The molecule has 0 amide bonds. The van der Waals surface area contributed by atoms with Crippen molar-refractivity contribution in [2.75, 3.05) is 7.11 Å². The van der Waals surface area contributed by atoms with Crippen molar-refractivity contribution in [2.24, 2.45) is 0 Å². The topological polar surface area (TPSA) is 86.5 Å². The Labute approximate surface area is 131 Å². The lowest BCUT2D eigenvalue weighted by molar-refractivity contribution is -0.151. The van der Waals surface area contributed by atoms with Gasteiger partial charge in [-0.3, -0.25) is 9.59 Å². The van der Waals surface area contributed by atoms with Crippen LogP contribution in [0.4, 0.5) is 4.39 Å². The number of hydrogen-bond acceptors (Lipinski definition) is 6. The van der Waals surface area contributed by atoms with Crippen LogP contribution in [0.3, 0.4) is 0 Å². The number of ketones is 2. The maximum Gasteiger partial charge on any atom is 0.374 e. The fourth-order valence-corrected chi connectivity index (χ4v) is 2.01. The Kier molecular flexibility index (Phi) is 5.00. The third kappa shape index (κ3) is 4.09. The zero-order valence-corrected chi connectivity index (χ0v) is 12.6. The molecule has 23 heavy (non-hydrogen) atoms. The molecule has 120 valence electrons. The first-order valence-electron chi connectivity index (χ1n) is 6.75. The Bertz CT molecular complexity index is 748. The Balaban J connectivity index is 2.19. The molecule has 0 aliphatic carbocycles. The number of nitrogens with zero attached hydrogens (tertiary/aromatic N) is 1. The summed E-state index contributed by atoms with van der Waals surface area (Å²) in [5.74, 6) is -2.52. The van der Waals surface area contributed by atoms with Crippen molar-refractivity contribution in [1.82, 2.24) is 4.98 Å². The average molecular weight is 319 g/mol. The molecule has 2 rings (SSSR count). The number of aromatic nitrogens is 1. The number of rotatable bonds is 6. The van der Waals surface area contributed by atoms with Gasteiger partial charge in [-0.2, -0.15) is 0 Å². The molecule has 0 saturated carbocycles. The van der Waals surface area contributed by atoms with Crippen LogP contribution in [0.15, 0.2) is 28.7 Å². The van der Waals surface area contributed by atoms with Crippen molar-refractivity contribution < 1.29 is 27.9 Å². The first-order chi connectivity index (χ1) is 10.9. The zero-order chi connectivity index (χ0) is 17.0. The van der Waals surface area contributed by atoms with E-state index in [9.17, 15) is 18.8 Å². The summed E-state index contributed by atoms with van der Waals surface area (Å²) < 4.78 is 22.6. The molecular formula is C16H14FNO5. The number of Topliss-reactive ketones (excluding diaryl/α,β-unsaturated/α-hetero) is 2. The highest BCUT2D eigenvalue weighted by molar-refractivity contribution is 6.38. The molecule has 1 heterocycles. The molecule has 1 aromatic carbocycles. The van der Waals surface area contributed by atoms with Gasteiger partial charge in [-0.25, -0.2) is 14.2 Å². The summed E-state index contributed by atoms with van der Waals surface area (Å²) in [7, 11) is 1.06. The minimum absolute atomic E-state index is 0.0101. The van der Waals surface area contributed by atoms with Crippen LogP contribution in [-0.4, -0.2) is 29.6 Å². The van der Waals surface area contributed by atoms with Crippen molar-refractivity contribution >= 4 is 17.5 Å². The number of carbonyl (C=O) groups excluding carboxylic acids is 3. The van der Waals surface area contributed by atoms with Crippen LogP contribution in [0.5, 0.6) is 0 Å². The molecule has 0 atom stereocenters. The van der Waals surface area contributed by atoms with Gasteiger partial charge in [-0.15, -0.1) is 0 Å². The predicted molar refractivity (Wildman–Crippen MR) is 76.4 cm³/mol. The van der Waals surface area contributed by atoms with Gasteiger partial charge < -0.3 is 9.15 Å². The summed E-state index contributed by atoms with van der Waals surface area (Å²) in [4.78, 5) is 38.7. The largest absolute Gasteiger partial charge is 0.463 e. The molecule has 0 aliphatic rings. The molecule has 0 bridgehead atoms. The van der Waals surface area contributed by atoms with Gasteiger partial charge in [0.1, 0.15) is 17.3 Å². The van der Waals surface area contributed by atoms with Crippen molar-refractivity contribution in [3.63, 3.8) is 0 Å². The van der Waals surface area contributed by atoms with Crippen LogP contribution in [-0.2, 0) is 20.7 Å². The fourth-order valence-electron chi connectivity index (χ4n) is 2.01. The van der Waals surface area contributed by atoms with E-state index in [1.165, 1.54) is 12.1 Å². The number of methoxy groups -OCH3 is 1. The maximum absolute atomic E-state index is 12.9. The minimum atomic E-state index is -1.08. The first-order valence-corrected chi connectivity index (χ1v) is 6.75. The van der Waals surface area contributed by atoms with Gasteiger partial charge in [0.05, 0.1) is 13.5 Å². The molecule has 2 aromatic rings. The average Bonchev–Trinajstić information content (AvgIpc) is 2.89. The van der Waals surface area contributed by atoms with E-state index >= 15 is 0 Å². The van der Waals surface area contributed by atoms with E-state index in [-0.39, 0.29) is 29.6 Å². The van der Waals surface area contributed by atoms with E-state index < -0.39 is 24.0 Å². The lowest BCUT2D eigenvalue weighted by atomic mass is 10.1. The fraction of sp³-hybridized carbons (Fsp3) is 0.250. The van der Waals surface area contributed by atoms with E-state index in [1.54, 1.807) is 19.1 Å². The van der Waals surface area contributed by atoms with Gasteiger partial charge in [0, 0.05) is 13.3 Å². The maximum atomic E-state index is 12.9. The van der Waals surface area contributed by atoms with Crippen LogP contribution in [0.2, 0.25) is 0 Å². The number of hydrogen-bond donors (Lipinski definition) is 0. The number of ether oxygens (including phenoxy) is 1. The molecular weight excluding hydrogens is 305 g/mol. The predicted octanol–water partition coefficient (Wildman–Crippen LogP) is 2.03. The highest BCUT2D eigenvalue weighted by Crippen LogP contribution is 2.18. The molecule has 0 radical (unpaired) electrons. The standard InChI is InChI=1S/C16H14FNO5/c1-9-18-15(12(19)8-13(20)16(21)22-2)14(23-9)7-10-3-5-11(17)6-4-10/h3-6H,7-8H2,1-2H3. The second-order valence-electron chi connectivity index (χ2n) is 4.82. The summed E-state index contributed by atoms with van der Waals surface area (Å²) in [6.45, 7) is 1.56. The third-order valence-electron chi connectivity index (χ3n) is 3.08. The normalized spacial score (nSPS) is 10.4. The van der Waals surface area contributed by atoms with E-state index in [0.717, 1.165) is 12.7 Å². The van der Waals surface area contributed by atoms with E-state index in [0.29, 0.717) is 0 Å². The van der Waals surface area contributed by atoms with Gasteiger partial charge in [-0.05, 0) is 17.7 Å². The van der Waals surface area contributed by atoms with E-state index in [2.05, 4.69) is 9.72 Å². The SMILES string of the molecule is COC(=O)C(=O)CC(=O)c1nc(C)oc1Cc1ccc(F)cc1. The molecule has 0 aliphatic heterocycles. The molecule has 0 saturated heterocycles. The number of halogens is 1. The smallest absolute Gasteiger partial charge is 0.374 e. The van der Waals surface area contributed by atoms with E-state index in [4.69, 9.17) is 4.42 Å². The summed E-state index contributed by atoms with van der Waals surface area (Å²) in [5.41, 5.74) is 0.708. The molecule has 1 aromatic heterocycles. The van der Waals surface area contributed by atoms with Crippen LogP contribution in [0, 0.1) is 12.7 Å². The Morgan fingerprint density at radius 3 is 2.48 bits per heavy atom. The molecule has 0 N–H and O–H groups in total. The molecule has 6 nitrogen and oxygen atoms in total. The number of aryl methyl sites for hydroxylation is 1. The Hall–Kier alpha value is -2.83. The van der Waals surface area contributed by atoms with Crippen molar-refractivity contribution in [3.8, 4) is 0 Å². The quantitative estimate of drug-likeness (QED) is 0.350. The van der Waals surface area contributed by atoms with Gasteiger partial charge in [-0.1, -0.05) is 12.1 Å². The van der Waals surface area contributed by atoms with Crippen molar-refractivity contribution in [1.29, 1.82) is 0 Å². The highest BCUT2D eigenvalue weighted by Gasteiger charge is 2.24. The second kappa shape index (κ2) is 6.95. The second-order valence-corrected chi connectivity index (χ2v) is 4.82. The van der Waals surface area contributed by atoms with Crippen LogP contribution in [0.25, 0.3) is 0 Å². The summed E-state index contributed by atoms with van der Waals surface area (Å²) in [5, 5.41) is 0. The summed E-state index contributed by atoms with van der Waals surface area (Å²) in [6, 6.07) is 5.70. The van der Waals surface area contributed by atoms with E-state index in [1.807, 2.05) is 0 Å². The minimum Gasteiger partial charge on any atom is -0.463 e. The summed E-state index contributed by atoms with van der Waals surface area (Å²) in [6.07, 6.45) is -0.427. The number of esters is 1. The van der Waals surface area contributed by atoms with Crippen LogP contribution >= 0.6 is 0 Å². The third-order valence-corrected chi connectivity index (χ3v) is 3.08. The molecule has 0 unspecified atom stereocenters. The first kappa shape index (κ1) is 16.5.